The Morgan fingerprint density at radius 3 is 2.47 bits per heavy atom. The topological polar surface area (TPSA) is 61.5 Å². The first-order chi connectivity index (χ1) is 9.02. The van der Waals surface area contributed by atoms with E-state index in [2.05, 4.69) is 5.32 Å². The van der Waals surface area contributed by atoms with Crippen LogP contribution in [0.4, 0.5) is 18.9 Å². The van der Waals surface area contributed by atoms with E-state index >= 15 is 0 Å². The zero-order valence-electron chi connectivity index (χ0n) is 10.2. The summed E-state index contributed by atoms with van der Waals surface area (Å²) in [6.45, 7) is 2.07. The van der Waals surface area contributed by atoms with Crippen LogP contribution in [-0.2, 0) is 0 Å². The molecule has 0 spiro atoms. The number of nitrogens with zero attached hydrogens (tertiary/aromatic N) is 1. The maximum atomic E-state index is 13.3. The number of halogens is 3. The number of piperazine rings is 1. The first-order valence-corrected chi connectivity index (χ1v) is 6.02. The van der Waals surface area contributed by atoms with Crippen molar-refractivity contribution >= 4 is 5.69 Å². The summed E-state index contributed by atoms with van der Waals surface area (Å²) in [5.74, 6) is -1.40. The summed E-state index contributed by atoms with van der Waals surface area (Å²) < 4.78 is 39.7. The number of hydrogen-bond donors (Lipinski definition) is 3. The molecular formula is C12H16F3N3O. The van der Waals surface area contributed by atoms with Gasteiger partial charge in [0.05, 0.1) is 0 Å². The zero-order chi connectivity index (χ0) is 14.0. The van der Waals surface area contributed by atoms with Crippen LogP contribution in [0.2, 0.25) is 0 Å². The number of nitrogens with one attached hydrogen (secondary N) is 1. The first-order valence-electron chi connectivity index (χ1n) is 6.02. The third kappa shape index (κ3) is 2.76. The molecule has 0 amide bonds. The molecule has 0 radical (unpaired) electrons. The van der Waals surface area contributed by atoms with Gasteiger partial charge in [-0.2, -0.15) is 0 Å². The second-order valence-electron chi connectivity index (χ2n) is 4.46. The largest absolute Gasteiger partial charge is 0.505 e. The zero-order valence-corrected chi connectivity index (χ0v) is 10.2. The maximum absolute atomic E-state index is 13.3. The van der Waals surface area contributed by atoms with E-state index in [1.165, 1.54) is 6.07 Å². The van der Waals surface area contributed by atoms with Gasteiger partial charge >= 0.3 is 0 Å². The van der Waals surface area contributed by atoms with E-state index in [4.69, 9.17) is 5.73 Å². The third-order valence-corrected chi connectivity index (χ3v) is 3.30. The van der Waals surface area contributed by atoms with E-state index in [0.29, 0.717) is 26.2 Å². The van der Waals surface area contributed by atoms with Crippen LogP contribution in [0.1, 0.15) is 11.6 Å². The first kappa shape index (κ1) is 14.0. The molecule has 0 unspecified atom stereocenters. The van der Waals surface area contributed by atoms with E-state index in [1.54, 1.807) is 4.90 Å². The molecule has 1 aliphatic rings. The van der Waals surface area contributed by atoms with Gasteiger partial charge in [0.1, 0.15) is 23.3 Å². The Kier molecular flexibility index (Phi) is 4.16. The van der Waals surface area contributed by atoms with Crippen LogP contribution >= 0.6 is 0 Å². The van der Waals surface area contributed by atoms with E-state index in [0.717, 1.165) is 6.07 Å². The van der Waals surface area contributed by atoms with Gasteiger partial charge in [0, 0.05) is 31.7 Å². The van der Waals surface area contributed by atoms with E-state index in [9.17, 15) is 18.3 Å². The van der Waals surface area contributed by atoms with Crippen LogP contribution in [0, 0.1) is 5.82 Å². The minimum atomic E-state index is -2.69. The second-order valence-corrected chi connectivity index (χ2v) is 4.46. The Hall–Kier alpha value is -1.47. The van der Waals surface area contributed by atoms with Crippen LogP contribution in [0.3, 0.4) is 0 Å². The highest BCUT2D eigenvalue weighted by atomic mass is 19.3. The maximum Gasteiger partial charge on any atom is 0.258 e. The summed E-state index contributed by atoms with van der Waals surface area (Å²) in [6, 6.07) is 0.895. The number of anilines is 1. The van der Waals surface area contributed by atoms with Crippen molar-refractivity contribution in [2.75, 3.05) is 31.9 Å². The van der Waals surface area contributed by atoms with Crippen molar-refractivity contribution in [3.8, 4) is 5.75 Å². The van der Waals surface area contributed by atoms with Crippen LogP contribution in [0.5, 0.6) is 5.75 Å². The third-order valence-electron chi connectivity index (χ3n) is 3.30. The van der Waals surface area contributed by atoms with Crippen LogP contribution in [0.15, 0.2) is 12.1 Å². The number of benzene rings is 1. The summed E-state index contributed by atoms with van der Waals surface area (Å²) in [4.78, 5) is 1.56. The lowest BCUT2D eigenvalue weighted by Crippen LogP contribution is -2.46. The van der Waals surface area contributed by atoms with Crippen LogP contribution < -0.4 is 11.1 Å². The standard InChI is InChI=1S/C12H16F3N3O/c13-8-2-1-7(11(19)9(8)16)10(12(14)15)18-5-3-17-4-6-18/h1-2,10,12,17,19H,3-6,16H2/t10-/m0/s1. The molecule has 4 nitrogen and oxygen atoms in total. The van der Waals surface area contributed by atoms with Gasteiger partial charge in [0.2, 0.25) is 0 Å². The number of hydrogen-bond acceptors (Lipinski definition) is 4. The molecule has 106 valence electrons. The summed E-state index contributed by atoms with van der Waals surface area (Å²) in [5, 5.41) is 12.8. The molecule has 2 rings (SSSR count). The number of alkyl halides is 2. The molecule has 1 heterocycles. The molecule has 19 heavy (non-hydrogen) atoms. The Morgan fingerprint density at radius 2 is 1.89 bits per heavy atom. The number of phenols is 1. The van der Waals surface area contributed by atoms with E-state index < -0.39 is 29.7 Å². The molecule has 1 atom stereocenters. The average Bonchev–Trinajstić information content (AvgIpc) is 2.40. The normalized spacial score (nSPS) is 18.7. The lowest BCUT2D eigenvalue weighted by atomic mass is 10.0. The van der Waals surface area contributed by atoms with Gasteiger partial charge in [-0.05, 0) is 6.07 Å². The smallest absolute Gasteiger partial charge is 0.258 e. The lowest BCUT2D eigenvalue weighted by molar-refractivity contribution is 0.0170. The molecular weight excluding hydrogens is 259 g/mol. The van der Waals surface area contributed by atoms with Crippen molar-refractivity contribution < 1.29 is 18.3 Å². The summed E-state index contributed by atoms with van der Waals surface area (Å²) >= 11 is 0. The number of nitrogen functional groups attached to an aromatic ring is 1. The monoisotopic (exact) mass is 275 g/mol. The Balaban J connectivity index is 2.36. The van der Waals surface area contributed by atoms with Crippen molar-refractivity contribution in [1.82, 2.24) is 10.2 Å². The van der Waals surface area contributed by atoms with Gasteiger partial charge < -0.3 is 16.2 Å². The summed E-state index contributed by atoms with van der Waals surface area (Å²) in [7, 11) is 0. The van der Waals surface area contributed by atoms with Crippen LogP contribution in [-0.4, -0.2) is 42.6 Å². The van der Waals surface area contributed by atoms with Crippen LogP contribution in [0.25, 0.3) is 0 Å². The van der Waals surface area contributed by atoms with Gasteiger partial charge in [-0.3, -0.25) is 4.90 Å². The summed E-state index contributed by atoms with van der Waals surface area (Å²) in [5.41, 5.74) is 4.83. The minimum absolute atomic E-state index is 0.0317. The predicted molar refractivity (Wildman–Crippen MR) is 65.7 cm³/mol. The highest BCUT2D eigenvalue weighted by molar-refractivity contribution is 5.57. The second kappa shape index (κ2) is 5.66. The van der Waals surface area contributed by atoms with Crippen molar-refractivity contribution in [1.29, 1.82) is 0 Å². The van der Waals surface area contributed by atoms with Gasteiger partial charge in [0.25, 0.3) is 6.43 Å². The Labute approximate surface area is 109 Å². The highest BCUT2D eigenvalue weighted by Gasteiger charge is 2.32. The summed E-state index contributed by atoms with van der Waals surface area (Å²) in [6.07, 6.45) is -2.69. The van der Waals surface area contributed by atoms with Crippen molar-refractivity contribution in [2.24, 2.45) is 0 Å². The van der Waals surface area contributed by atoms with Crippen molar-refractivity contribution in [2.45, 2.75) is 12.5 Å². The Bertz CT molecular complexity index is 450. The van der Waals surface area contributed by atoms with Crippen molar-refractivity contribution in [3.05, 3.63) is 23.5 Å². The highest BCUT2D eigenvalue weighted by Crippen LogP contribution is 2.37. The molecule has 4 N–H and O–H groups in total. The van der Waals surface area contributed by atoms with E-state index in [-0.39, 0.29) is 5.56 Å². The Morgan fingerprint density at radius 1 is 1.26 bits per heavy atom. The van der Waals surface area contributed by atoms with Gasteiger partial charge in [0.15, 0.2) is 0 Å². The van der Waals surface area contributed by atoms with E-state index in [1.807, 2.05) is 0 Å². The average molecular weight is 275 g/mol. The molecule has 1 saturated heterocycles. The lowest BCUT2D eigenvalue weighted by Gasteiger charge is -2.35. The molecule has 1 aromatic carbocycles. The number of phenolic OH excluding ortho intramolecular Hbond substituents is 1. The molecule has 1 aliphatic heterocycles. The number of rotatable bonds is 3. The van der Waals surface area contributed by atoms with Crippen molar-refractivity contribution in [3.63, 3.8) is 0 Å². The SMILES string of the molecule is Nc1c(F)ccc([C@@H](C(F)F)N2CCNCC2)c1O. The quantitative estimate of drug-likeness (QED) is 0.575. The molecule has 1 fully saturated rings. The number of nitrogens with two attached hydrogens (primary N) is 1. The molecule has 7 heteroatoms. The van der Waals surface area contributed by atoms with Gasteiger partial charge in [-0.1, -0.05) is 6.07 Å². The predicted octanol–water partition coefficient (Wildman–Crippen LogP) is 1.32. The molecule has 0 aromatic heterocycles. The molecule has 0 aliphatic carbocycles. The molecule has 0 bridgehead atoms. The van der Waals surface area contributed by atoms with Gasteiger partial charge in [-0.25, -0.2) is 13.2 Å². The molecule has 0 saturated carbocycles. The number of aromatic hydroxyl groups is 1. The minimum Gasteiger partial charge on any atom is -0.505 e. The fourth-order valence-corrected chi connectivity index (χ4v) is 2.29. The fourth-order valence-electron chi connectivity index (χ4n) is 2.29. The fraction of sp³-hybridized carbons (Fsp3) is 0.500. The molecule has 1 aromatic rings. The van der Waals surface area contributed by atoms with Gasteiger partial charge in [-0.15, -0.1) is 0 Å².